The summed E-state index contributed by atoms with van der Waals surface area (Å²) < 4.78 is 0. The number of amides is 1. The summed E-state index contributed by atoms with van der Waals surface area (Å²) in [6.07, 6.45) is 3.80. The van der Waals surface area contributed by atoms with Crippen molar-refractivity contribution in [3.05, 3.63) is 41.3 Å². The lowest BCUT2D eigenvalue weighted by molar-refractivity contribution is 0.102. The van der Waals surface area contributed by atoms with E-state index in [-0.39, 0.29) is 11.6 Å². The topological polar surface area (TPSA) is 94.5 Å². The van der Waals surface area contributed by atoms with Crippen molar-refractivity contribution in [2.24, 2.45) is 0 Å². The molecule has 0 spiro atoms. The fourth-order valence-corrected chi connectivity index (χ4v) is 1.46. The fourth-order valence-electron chi connectivity index (χ4n) is 1.46. The first kappa shape index (κ1) is 11.8. The molecule has 0 radical (unpaired) electrons. The second kappa shape index (κ2) is 5.10. The largest absolute Gasteiger partial charge is 0.305 e. The Bertz CT molecular complexity index is 594. The Labute approximate surface area is 104 Å². The number of H-pyrrole nitrogens is 1. The molecule has 90 valence electrons. The van der Waals surface area contributed by atoms with Gasteiger partial charge in [0.25, 0.3) is 5.91 Å². The third kappa shape index (κ3) is 2.35. The number of nitriles is 1. The number of hydrogen-bond acceptors (Lipinski definition) is 4. The zero-order valence-electron chi connectivity index (χ0n) is 9.77. The summed E-state index contributed by atoms with van der Waals surface area (Å²) in [5.74, 6) is 0.243. The van der Waals surface area contributed by atoms with Crippen molar-refractivity contribution in [1.82, 2.24) is 15.2 Å². The highest BCUT2D eigenvalue weighted by molar-refractivity contribution is 6.02. The van der Waals surface area contributed by atoms with Gasteiger partial charge in [-0.15, -0.1) is 0 Å². The van der Waals surface area contributed by atoms with Gasteiger partial charge in [-0.25, -0.2) is 4.98 Å². The van der Waals surface area contributed by atoms with Crippen molar-refractivity contribution in [3.8, 4) is 6.07 Å². The molecule has 0 bridgehead atoms. The number of anilines is 1. The van der Waals surface area contributed by atoms with Crippen LogP contribution in [-0.2, 0) is 6.42 Å². The minimum atomic E-state index is -0.335. The first-order chi connectivity index (χ1) is 8.74. The van der Waals surface area contributed by atoms with Gasteiger partial charge in [0.2, 0.25) is 0 Å². The molecule has 18 heavy (non-hydrogen) atoms. The second-order valence-corrected chi connectivity index (χ2v) is 3.62. The van der Waals surface area contributed by atoms with Crippen LogP contribution in [0.1, 0.15) is 28.5 Å². The zero-order chi connectivity index (χ0) is 13.0. The predicted molar refractivity (Wildman–Crippen MR) is 64.9 cm³/mol. The van der Waals surface area contributed by atoms with Gasteiger partial charge >= 0.3 is 0 Å². The minimum absolute atomic E-state index is 0.255. The Morgan fingerprint density at radius 3 is 2.94 bits per heavy atom. The van der Waals surface area contributed by atoms with E-state index in [1.54, 1.807) is 12.3 Å². The number of nitrogens with zero attached hydrogens (tertiary/aromatic N) is 3. The first-order valence-corrected chi connectivity index (χ1v) is 5.44. The van der Waals surface area contributed by atoms with Gasteiger partial charge in [0.05, 0.1) is 11.8 Å². The van der Waals surface area contributed by atoms with Crippen molar-refractivity contribution in [3.63, 3.8) is 0 Å². The first-order valence-electron chi connectivity index (χ1n) is 5.44. The third-order valence-electron chi connectivity index (χ3n) is 2.46. The lowest BCUT2D eigenvalue weighted by Crippen LogP contribution is -2.14. The molecule has 0 atom stereocenters. The fraction of sp³-hybridized carbons (Fsp3) is 0.167. The van der Waals surface area contributed by atoms with E-state index in [9.17, 15) is 4.79 Å². The maximum absolute atomic E-state index is 11.9. The number of aromatic amines is 1. The average Bonchev–Trinajstić information content (AvgIpc) is 2.86. The highest BCUT2D eigenvalue weighted by atomic mass is 16.1. The Kier molecular flexibility index (Phi) is 3.34. The molecule has 2 aromatic heterocycles. The summed E-state index contributed by atoms with van der Waals surface area (Å²) in [5, 5.41) is 17.9. The quantitative estimate of drug-likeness (QED) is 0.851. The number of pyridine rings is 1. The SMILES string of the molecule is CCc1cn[nH]c1NC(=O)c1ccc(C#N)cn1. The minimum Gasteiger partial charge on any atom is -0.305 e. The highest BCUT2D eigenvalue weighted by Gasteiger charge is 2.11. The van der Waals surface area contributed by atoms with Gasteiger partial charge in [-0.1, -0.05) is 6.92 Å². The van der Waals surface area contributed by atoms with Gasteiger partial charge in [-0.2, -0.15) is 10.4 Å². The lowest BCUT2D eigenvalue weighted by Gasteiger charge is -2.03. The number of aryl methyl sites for hydroxylation is 1. The standard InChI is InChI=1S/C12H11N5O/c1-2-9-7-15-17-11(9)16-12(18)10-4-3-8(5-13)6-14-10/h3-4,6-7H,2H2,1H3,(H2,15,16,17,18). The lowest BCUT2D eigenvalue weighted by atomic mass is 10.2. The van der Waals surface area contributed by atoms with Crippen LogP contribution in [-0.4, -0.2) is 21.1 Å². The monoisotopic (exact) mass is 241 g/mol. The molecular weight excluding hydrogens is 230 g/mol. The molecule has 6 heteroatoms. The van der Waals surface area contributed by atoms with E-state index in [0.29, 0.717) is 11.4 Å². The molecule has 1 amide bonds. The van der Waals surface area contributed by atoms with Crippen molar-refractivity contribution in [1.29, 1.82) is 5.26 Å². The van der Waals surface area contributed by atoms with Gasteiger partial charge < -0.3 is 5.32 Å². The molecule has 0 fully saturated rings. The number of rotatable bonds is 3. The Morgan fingerprint density at radius 2 is 2.33 bits per heavy atom. The summed E-state index contributed by atoms with van der Waals surface area (Å²) in [5.41, 5.74) is 1.60. The molecule has 2 rings (SSSR count). The summed E-state index contributed by atoms with van der Waals surface area (Å²) in [4.78, 5) is 15.8. The summed E-state index contributed by atoms with van der Waals surface area (Å²) in [6.45, 7) is 1.97. The Balaban J connectivity index is 2.14. The summed E-state index contributed by atoms with van der Waals surface area (Å²) in [7, 11) is 0. The summed E-state index contributed by atoms with van der Waals surface area (Å²) >= 11 is 0. The van der Waals surface area contributed by atoms with Crippen LogP contribution < -0.4 is 5.32 Å². The molecule has 0 unspecified atom stereocenters. The zero-order valence-corrected chi connectivity index (χ0v) is 9.77. The van der Waals surface area contributed by atoms with E-state index in [1.165, 1.54) is 12.3 Å². The van der Waals surface area contributed by atoms with Crippen LogP contribution in [0.4, 0.5) is 5.82 Å². The molecule has 0 saturated heterocycles. The molecule has 0 aliphatic carbocycles. The van der Waals surface area contributed by atoms with Gasteiger partial charge in [0, 0.05) is 11.8 Å². The van der Waals surface area contributed by atoms with Gasteiger partial charge in [-0.05, 0) is 18.6 Å². The molecule has 0 aliphatic rings. The highest BCUT2D eigenvalue weighted by Crippen LogP contribution is 2.12. The normalized spacial score (nSPS) is 9.78. The van der Waals surface area contributed by atoms with E-state index in [1.807, 2.05) is 13.0 Å². The van der Waals surface area contributed by atoms with E-state index in [4.69, 9.17) is 5.26 Å². The molecule has 0 saturated carbocycles. The van der Waals surface area contributed by atoms with Crippen LogP contribution in [0.2, 0.25) is 0 Å². The van der Waals surface area contributed by atoms with Gasteiger partial charge in [0.15, 0.2) is 0 Å². The number of nitrogens with one attached hydrogen (secondary N) is 2. The summed E-state index contributed by atoms with van der Waals surface area (Å²) in [6, 6.07) is 5.01. The van der Waals surface area contributed by atoms with Gasteiger partial charge in [0.1, 0.15) is 17.6 Å². The number of hydrogen-bond donors (Lipinski definition) is 2. The number of carbonyl (C=O) groups excluding carboxylic acids is 1. The van der Waals surface area contributed by atoms with Crippen LogP contribution in [0.25, 0.3) is 0 Å². The maximum Gasteiger partial charge on any atom is 0.275 e. The maximum atomic E-state index is 11.9. The molecule has 2 aromatic rings. The molecule has 2 heterocycles. The van der Waals surface area contributed by atoms with E-state index in [0.717, 1.165) is 12.0 Å². The van der Waals surface area contributed by atoms with E-state index < -0.39 is 0 Å². The van der Waals surface area contributed by atoms with Crippen molar-refractivity contribution >= 4 is 11.7 Å². The molecular formula is C12H11N5O. The van der Waals surface area contributed by atoms with E-state index in [2.05, 4.69) is 20.5 Å². The van der Waals surface area contributed by atoms with Crippen LogP contribution in [0.3, 0.4) is 0 Å². The number of carbonyl (C=O) groups is 1. The van der Waals surface area contributed by atoms with Crippen LogP contribution >= 0.6 is 0 Å². The molecule has 6 nitrogen and oxygen atoms in total. The third-order valence-corrected chi connectivity index (χ3v) is 2.46. The molecule has 0 aromatic carbocycles. The van der Waals surface area contributed by atoms with Crippen LogP contribution in [0.5, 0.6) is 0 Å². The smallest absolute Gasteiger partial charge is 0.275 e. The number of aromatic nitrogens is 3. The Morgan fingerprint density at radius 1 is 1.50 bits per heavy atom. The van der Waals surface area contributed by atoms with Gasteiger partial charge in [-0.3, -0.25) is 9.89 Å². The molecule has 0 aliphatic heterocycles. The second-order valence-electron chi connectivity index (χ2n) is 3.62. The van der Waals surface area contributed by atoms with Crippen molar-refractivity contribution in [2.45, 2.75) is 13.3 Å². The van der Waals surface area contributed by atoms with Crippen LogP contribution in [0, 0.1) is 11.3 Å². The average molecular weight is 241 g/mol. The van der Waals surface area contributed by atoms with Crippen molar-refractivity contribution < 1.29 is 4.79 Å². The Hall–Kier alpha value is -2.68. The van der Waals surface area contributed by atoms with E-state index >= 15 is 0 Å². The molecule has 2 N–H and O–H groups in total. The van der Waals surface area contributed by atoms with Crippen molar-refractivity contribution in [2.75, 3.05) is 5.32 Å². The van der Waals surface area contributed by atoms with Crippen LogP contribution in [0.15, 0.2) is 24.5 Å². The predicted octanol–water partition coefficient (Wildman–Crippen LogP) is 1.49.